The minimum Gasteiger partial charge on any atom is -0.461 e. The number of carbonyl (C=O) groups excluding carboxylic acids is 2. The van der Waals surface area contributed by atoms with Gasteiger partial charge in [0.1, 0.15) is 12.2 Å². The van der Waals surface area contributed by atoms with Crippen molar-refractivity contribution >= 4 is 11.9 Å². The van der Waals surface area contributed by atoms with Crippen molar-refractivity contribution in [1.29, 1.82) is 0 Å². The maximum absolute atomic E-state index is 13.3. The van der Waals surface area contributed by atoms with E-state index >= 15 is 0 Å². The normalized spacial score (nSPS) is 53.0. The predicted octanol–water partition coefficient (Wildman–Crippen LogP) is 4.95. The molecule has 4 fully saturated rings. The molecule has 5 aliphatic carbocycles. The number of hydrogen-bond donors (Lipinski definition) is 2. The highest BCUT2D eigenvalue weighted by atomic mass is 16.6. The van der Waals surface area contributed by atoms with Crippen LogP contribution in [-0.4, -0.2) is 46.6 Å². The number of aliphatic hydroxyl groups is 2. The Kier molecular flexibility index (Phi) is 5.63. The van der Waals surface area contributed by atoms with Gasteiger partial charge in [-0.05, 0) is 98.7 Å². The summed E-state index contributed by atoms with van der Waals surface area (Å²) in [4.78, 5) is 26.4. The van der Waals surface area contributed by atoms with E-state index in [0.717, 1.165) is 18.8 Å². The first kappa shape index (κ1) is 25.9. The SMILES string of the molecule is CC(O)CC(=O)O[C@H]1CC2[C@@]3(C)CCC[C@@]4(C[C@@H]4C)C3CC[C@@]2(C)[C@@H]2C[C@@H](O)C3=C(C(=O)O[C@@H]3C)[C@@]12C. The van der Waals surface area contributed by atoms with E-state index in [1.54, 1.807) is 6.92 Å². The molecule has 3 unspecified atom stereocenters. The Morgan fingerprint density at radius 3 is 2.41 bits per heavy atom. The Morgan fingerprint density at radius 2 is 1.76 bits per heavy atom. The first-order valence-corrected chi connectivity index (χ1v) is 14.8. The predicted molar refractivity (Wildman–Crippen MR) is 138 cm³/mol. The van der Waals surface area contributed by atoms with Crippen LogP contribution in [0.2, 0.25) is 0 Å². The van der Waals surface area contributed by atoms with Crippen LogP contribution in [0.5, 0.6) is 0 Å². The first-order valence-electron chi connectivity index (χ1n) is 14.8. The van der Waals surface area contributed by atoms with E-state index in [2.05, 4.69) is 27.7 Å². The molecule has 206 valence electrons. The molecule has 0 aromatic heterocycles. The van der Waals surface area contributed by atoms with E-state index in [0.29, 0.717) is 34.8 Å². The highest BCUT2D eigenvalue weighted by molar-refractivity contribution is 5.94. The maximum Gasteiger partial charge on any atom is 0.335 e. The summed E-state index contributed by atoms with van der Waals surface area (Å²) in [5, 5.41) is 21.3. The van der Waals surface area contributed by atoms with Gasteiger partial charge in [-0.25, -0.2) is 4.79 Å². The minimum atomic E-state index is -0.782. The van der Waals surface area contributed by atoms with Gasteiger partial charge in [-0.3, -0.25) is 4.79 Å². The summed E-state index contributed by atoms with van der Waals surface area (Å²) in [6, 6.07) is 0. The summed E-state index contributed by atoms with van der Waals surface area (Å²) in [5.41, 5.74) is 1.07. The zero-order valence-electron chi connectivity index (χ0n) is 23.5. The van der Waals surface area contributed by atoms with Crippen LogP contribution in [0.4, 0.5) is 0 Å². The van der Waals surface area contributed by atoms with Gasteiger partial charge in [0.15, 0.2) is 0 Å². The van der Waals surface area contributed by atoms with Crippen LogP contribution in [-0.2, 0) is 19.1 Å². The number of aliphatic hydroxyl groups excluding tert-OH is 2. The molecule has 6 heteroatoms. The van der Waals surface area contributed by atoms with Crippen molar-refractivity contribution in [1.82, 2.24) is 0 Å². The highest BCUT2D eigenvalue weighted by Crippen LogP contribution is 2.78. The number of fused-ring (bicyclic) bond motifs is 7. The van der Waals surface area contributed by atoms with Gasteiger partial charge in [0.05, 0.1) is 24.2 Å². The third-order valence-corrected chi connectivity index (χ3v) is 12.9. The second-order valence-corrected chi connectivity index (χ2v) is 14.6. The molecular weight excluding hydrogens is 468 g/mol. The average Bonchev–Trinajstić information content (AvgIpc) is 3.30. The molecule has 0 saturated heterocycles. The lowest BCUT2D eigenvalue weighted by molar-refractivity contribution is -0.226. The average molecular weight is 515 g/mol. The van der Waals surface area contributed by atoms with Gasteiger partial charge in [0.2, 0.25) is 0 Å². The fourth-order valence-electron chi connectivity index (χ4n) is 11.3. The summed E-state index contributed by atoms with van der Waals surface area (Å²) in [6.45, 7) is 12.9. The van der Waals surface area contributed by atoms with E-state index in [-0.39, 0.29) is 29.1 Å². The summed E-state index contributed by atoms with van der Waals surface area (Å²) in [7, 11) is 0. The second-order valence-electron chi connectivity index (χ2n) is 14.6. The number of rotatable bonds is 3. The van der Waals surface area contributed by atoms with Crippen LogP contribution in [0.25, 0.3) is 0 Å². The monoisotopic (exact) mass is 514 g/mol. The van der Waals surface area contributed by atoms with E-state index in [9.17, 15) is 19.8 Å². The molecule has 0 aromatic rings. The van der Waals surface area contributed by atoms with Gasteiger partial charge in [-0.15, -0.1) is 0 Å². The second kappa shape index (κ2) is 8.06. The van der Waals surface area contributed by atoms with Gasteiger partial charge in [0.25, 0.3) is 0 Å². The summed E-state index contributed by atoms with van der Waals surface area (Å²) < 4.78 is 12.0. The molecule has 12 atom stereocenters. The van der Waals surface area contributed by atoms with Crippen LogP contribution in [0.15, 0.2) is 11.1 Å². The van der Waals surface area contributed by atoms with Crippen molar-refractivity contribution < 1.29 is 29.3 Å². The summed E-state index contributed by atoms with van der Waals surface area (Å²) in [6.07, 6.45) is 6.19. The smallest absolute Gasteiger partial charge is 0.335 e. The first-order chi connectivity index (χ1) is 17.3. The van der Waals surface area contributed by atoms with Crippen molar-refractivity contribution in [3.05, 3.63) is 11.1 Å². The molecule has 4 saturated carbocycles. The van der Waals surface area contributed by atoms with Gasteiger partial charge in [-0.1, -0.05) is 34.1 Å². The fourth-order valence-corrected chi connectivity index (χ4v) is 11.3. The largest absolute Gasteiger partial charge is 0.461 e. The quantitative estimate of drug-likeness (QED) is 0.518. The Morgan fingerprint density at radius 1 is 1.08 bits per heavy atom. The summed E-state index contributed by atoms with van der Waals surface area (Å²) >= 11 is 0. The molecule has 1 aliphatic heterocycles. The van der Waals surface area contributed by atoms with Gasteiger partial charge in [0, 0.05) is 11.0 Å². The van der Waals surface area contributed by atoms with Crippen molar-refractivity contribution in [2.45, 2.75) is 124 Å². The fraction of sp³-hybridized carbons (Fsp3) is 0.871. The standard InChI is InChI=1S/C31H46O6/c1-16-15-31(16)10-7-9-28(4)20(31)8-11-29(5)21(28)14-23(37-24(34)12-17(2)32)30(6)22(29)13-19(33)25-18(3)36-27(35)26(25)30/h16-23,32-33H,7-15H2,1-6H3/t16-,17?,18+,19+,20?,21?,22-,23-,28-,29+,30+,31-/m0/s1. The number of hydrogen-bond acceptors (Lipinski definition) is 6. The highest BCUT2D eigenvalue weighted by Gasteiger charge is 2.73. The van der Waals surface area contributed by atoms with E-state index in [4.69, 9.17) is 9.47 Å². The van der Waals surface area contributed by atoms with Crippen LogP contribution in [0.1, 0.15) is 99.3 Å². The van der Waals surface area contributed by atoms with Crippen molar-refractivity contribution in [2.75, 3.05) is 0 Å². The zero-order chi connectivity index (χ0) is 26.7. The molecular formula is C31H46O6. The van der Waals surface area contributed by atoms with Gasteiger partial charge in [-0.2, -0.15) is 0 Å². The molecule has 2 N–H and O–H groups in total. The van der Waals surface area contributed by atoms with E-state index < -0.39 is 35.8 Å². The summed E-state index contributed by atoms with van der Waals surface area (Å²) in [5.74, 6) is 1.03. The van der Waals surface area contributed by atoms with E-state index in [1.807, 2.05) is 6.92 Å². The zero-order valence-corrected chi connectivity index (χ0v) is 23.5. The maximum atomic E-state index is 13.3. The van der Waals surface area contributed by atoms with Crippen LogP contribution < -0.4 is 0 Å². The number of cyclic esters (lactones) is 1. The molecule has 37 heavy (non-hydrogen) atoms. The van der Waals surface area contributed by atoms with Crippen LogP contribution in [0, 0.1) is 45.3 Å². The van der Waals surface area contributed by atoms with Gasteiger partial charge >= 0.3 is 11.9 Å². The lowest BCUT2D eigenvalue weighted by Gasteiger charge is -2.69. The molecule has 1 spiro atoms. The van der Waals surface area contributed by atoms with Crippen molar-refractivity contribution in [3.8, 4) is 0 Å². The lowest BCUT2D eigenvalue weighted by Crippen LogP contribution is -2.66. The van der Waals surface area contributed by atoms with E-state index in [1.165, 1.54) is 32.1 Å². The molecule has 1 heterocycles. The molecule has 6 rings (SSSR count). The minimum absolute atomic E-state index is 0.00183. The van der Waals surface area contributed by atoms with Crippen LogP contribution >= 0.6 is 0 Å². The number of esters is 2. The third-order valence-electron chi connectivity index (χ3n) is 12.9. The van der Waals surface area contributed by atoms with Gasteiger partial charge < -0.3 is 19.7 Å². The topological polar surface area (TPSA) is 93.1 Å². The Labute approximate surface area is 221 Å². The number of carbonyl (C=O) groups is 2. The molecule has 6 aliphatic rings. The van der Waals surface area contributed by atoms with Crippen molar-refractivity contribution in [3.63, 3.8) is 0 Å². The Balaban J connectivity index is 1.47. The molecule has 6 nitrogen and oxygen atoms in total. The third kappa shape index (κ3) is 3.30. The Hall–Kier alpha value is -1.40. The molecule has 0 aromatic carbocycles. The van der Waals surface area contributed by atoms with Crippen molar-refractivity contribution in [2.24, 2.45) is 45.3 Å². The number of ether oxygens (including phenoxy) is 2. The van der Waals surface area contributed by atoms with Crippen LogP contribution in [0.3, 0.4) is 0 Å². The molecule has 0 bridgehead atoms. The molecule has 0 radical (unpaired) electrons. The molecule has 0 amide bonds. The Bertz CT molecular complexity index is 1050. The lowest BCUT2D eigenvalue weighted by atomic mass is 9.35.